The van der Waals surface area contributed by atoms with Gasteiger partial charge in [-0.05, 0) is 0 Å². The summed E-state index contributed by atoms with van der Waals surface area (Å²) in [6, 6.07) is -0.708. The third-order valence-electron chi connectivity index (χ3n) is 1.70. The van der Waals surface area contributed by atoms with E-state index in [-0.39, 0.29) is 0 Å². The van der Waals surface area contributed by atoms with Gasteiger partial charge in [0.1, 0.15) is 24.6 Å². The Morgan fingerprint density at radius 3 is 2.60 bits per heavy atom. The van der Waals surface area contributed by atoms with Crippen molar-refractivity contribution in [2.45, 2.75) is 18.2 Å². The molecule has 1 rings (SSSR count). The number of nitrogens with zero attached hydrogens (tertiary/aromatic N) is 2. The van der Waals surface area contributed by atoms with Crippen molar-refractivity contribution >= 4 is 20.4 Å². The number of hydrogen-bond acceptors (Lipinski definition) is 6. The average Bonchev–Trinajstić information content (AvgIpc) is 2.64. The second-order valence-electron chi connectivity index (χ2n) is 2.90. The number of rotatable bonds is 5. The van der Waals surface area contributed by atoms with Crippen LogP contribution >= 0.6 is 7.82 Å². The van der Waals surface area contributed by atoms with Crippen molar-refractivity contribution in [3.63, 3.8) is 0 Å². The van der Waals surface area contributed by atoms with Gasteiger partial charge in [0.05, 0.1) is 6.61 Å². The van der Waals surface area contributed by atoms with Crippen LogP contribution in [0.5, 0.6) is 0 Å². The summed E-state index contributed by atoms with van der Waals surface area (Å²) in [5.41, 5.74) is 0. The Bertz CT molecular complexity index is 301. The lowest BCUT2D eigenvalue weighted by atomic mass is 10.1. The van der Waals surface area contributed by atoms with Gasteiger partial charge >= 0.3 is 7.82 Å². The summed E-state index contributed by atoms with van der Waals surface area (Å²) in [6.07, 6.45) is -0.223. The molecular weight excluding hydrogens is 227 g/mol. The predicted molar refractivity (Wildman–Crippen MR) is 50.8 cm³/mol. The molecule has 0 bridgehead atoms. The molecule has 0 aromatic heterocycles. The van der Waals surface area contributed by atoms with Crippen LogP contribution in [0.1, 0.15) is 0 Å². The quantitative estimate of drug-likeness (QED) is 0.422. The largest absolute Gasteiger partial charge is 0.469 e. The highest BCUT2D eigenvalue weighted by molar-refractivity contribution is 7.46. The van der Waals surface area contributed by atoms with Crippen molar-refractivity contribution in [1.29, 1.82) is 0 Å². The first kappa shape index (κ1) is 12.4. The summed E-state index contributed by atoms with van der Waals surface area (Å²) in [7, 11) is -4.63. The minimum atomic E-state index is -4.63. The molecule has 0 radical (unpaired) electrons. The van der Waals surface area contributed by atoms with Crippen LogP contribution in [0.25, 0.3) is 0 Å². The van der Waals surface area contributed by atoms with Gasteiger partial charge in [-0.1, -0.05) is 0 Å². The molecule has 0 saturated carbocycles. The third-order valence-corrected chi connectivity index (χ3v) is 2.19. The summed E-state index contributed by atoms with van der Waals surface area (Å²) in [6.45, 7) is -0.675. The summed E-state index contributed by atoms with van der Waals surface area (Å²) in [4.78, 5) is 24.0. The van der Waals surface area contributed by atoms with Gasteiger partial charge in [0.25, 0.3) is 0 Å². The van der Waals surface area contributed by atoms with Crippen LogP contribution in [0, 0.1) is 0 Å². The molecule has 0 spiro atoms. The van der Waals surface area contributed by atoms with Gasteiger partial charge in [-0.15, -0.1) is 0 Å². The second kappa shape index (κ2) is 4.93. The molecule has 0 fully saturated rings. The predicted octanol–water partition coefficient (Wildman–Crippen LogP) is -1.70. The number of aliphatic hydroxyl groups is 2. The summed E-state index contributed by atoms with van der Waals surface area (Å²) < 4.78 is 14.3. The topological polar surface area (TPSA) is 132 Å². The summed E-state index contributed by atoms with van der Waals surface area (Å²) >= 11 is 0. The van der Waals surface area contributed by atoms with Crippen LogP contribution in [-0.4, -0.2) is 57.4 Å². The fourth-order valence-electron chi connectivity index (χ4n) is 0.957. The molecule has 15 heavy (non-hydrogen) atoms. The van der Waals surface area contributed by atoms with Crippen molar-refractivity contribution in [3.8, 4) is 0 Å². The van der Waals surface area contributed by atoms with Gasteiger partial charge in [0.15, 0.2) is 0 Å². The van der Waals surface area contributed by atoms with Crippen molar-refractivity contribution < 1.29 is 29.1 Å². The summed E-state index contributed by atoms with van der Waals surface area (Å²) in [5, 5.41) is 18.7. The Morgan fingerprint density at radius 2 is 2.13 bits per heavy atom. The summed E-state index contributed by atoms with van der Waals surface area (Å²) in [5.74, 6) is 0. The van der Waals surface area contributed by atoms with Crippen LogP contribution in [0.4, 0.5) is 0 Å². The molecule has 1 aliphatic rings. The molecule has 0 saturated heterocycles. The Balaban J connectivity index is 2.39. The normalized spacial score (nSPS) is 24.4. The van der Waals surface area contributed by atoms with Crippen LogP contribution in [0.3, 0.4) is 0 Å². The molecule has 8 nitrogen and oxygen atoms in total. The van der Waals surface area contributed by atoms with Crippen molar-refractivity contribution in [2.24, 2.45) is 9.98 Å². The zero-order chi connectivity index (χ0) is 11.5. The van der Waals surface area contributed by atoms with E-state index in [2.05, 4.69) is 14.5 Å². The highest BCUT2D eigenvalue weighted by Gasteiger charge is 2.28. The van der Waals surface area contributed by atoms with E-state index in [4.69, 9.17) is 9.79 Å². The third kappa shape index (κ3) is 4.17. The SMILES string of the molecule is O=P(O)(O)OC[C@@H](O)[C@H](O)[C@H]1C=NC=N1. The molecule has 0 aromatic carbocycles. The van der Waals surface area contributed by atoms with E-state index in [9.17, 15) is 14.8 Å². The molecule has 1 heterocycles. The zero-order valence-electron chi connectivity index (χ0n) is 7.54. The highest BCUT2D eigenvalue weighted by atomic mass is 31.2. The number of aliphatic hydroxyl groups excluding tert-OH is 2. The molecule has 9 heteroatoms. The van der Waals surface area contributed by atoms with Crippen molar-refractivity contribution in [2.75, 3.05) is 6.61 Å². The number of phosphoric ester groups is 1. The van der Waals surface area contributed by atoms with Gasteiger partial charge in [0.2, 0.25) is 0 Å². The molecule has 86 valence electrons. The van der Waals surface area contributed by atoms with Gasteiger partial charge in [-0.25, -0.2) is 9.56 Å². The lowest BCUT2D eigenvalue weighted by Crippen LogP contribution is -2.39. The Labute approximate surface area is 85.2 Å². The van der Waals surface area contributed by atoms with Crippen molar-refractivity contribution in [1.82, 2.24) is 0 Å². The highest BCUT2D eigenvalue weighted by Crippen LogP contribution is 2.35. The van der Waals surface area contributed by atoms with Crippen LogP contribution in [0.2, 0.25) is 0 Å². The fourth-order valence-corrected chi connectivity index (χ4v) is 1.30. The molecule has 0 amide bonds. The minimum absolute atomic E-state index is 0.675. The van der Waals surface area contributed by atoms with E-state index in [1.807, 2.05) is 0 Å². The minimum Gasteiger partial charge on any atom is -0.388 e. The molecule has 3 atom stereocenters. The van der Waals surface area contributed by atoms with E-state index in [0.717, 1.165) is 0 Å². The van der Waals surface area contributed by atoms with Gasteiger partial charge < -0.3 is 20.0 Å². The number of phosphoric acid groups is 1. The van der Waals surface area contributed by atoms with E-state index in [1.54, 1.807) is 0 Å². The number of hydrogen-bond donors (Lipinski definition) is 4. The van der Waals surface area contributed by atoms with E-state index in [0.29, 0.717) is 0 Å². The van der Waals surface area contributed by atoms with E-state index in [1.165, 1.54) is 12.6 Å². The average molecular weight is 238 g/mol. The molecule has 0 aliphatic carbocycles. The van der Waals surface area contributed by atoms with Crippen LogP contribution in [0.15, 0.2) is 9.98 Å². The fraction of sp³-hybridized carbons (Fsp3) is 0.667. The van der Waals surface area contributed by atoms with Crippen molar-refractivity contribution in [3.05, 3.63) is 0 Å². The lowest BCUT2D eigenvalue weighted by Gasteiger charge is -2.19. The monoisotopic (exact) mass is 238 g/mol. The first-order valence-corrected chi connectivity index (χ1v) is 5.54. The molecule has 1 aliphatic heterocycles. The van der Waals surface area contributed by atoms with E-state index < -0.39 is 32.7 Å². The van der Waals surface area contributed by atoms with Gasteiger partial charge in [-0.3, -0.25) is 9.52 Å². The first-order valence-electron chi connectivity index (χ1n) is 4.01. The van der Waals surface area contributed by atoms with E-state index >= 15 is 0 Å². The Kier molecular flexibility index (Phi) is 4.09. The second-order valence-corrected chi connectivity index (χ2v) is 4.14. The molecule has 4 N–H and O–H groups in total. The van der Waals surface area contributed by atoms with Crippen LogP contribution in [-0.2, 0) is 9.09 Å². The molecule has 0 aromatic rings. The van der Waals surface area contributed by atoms with Gasteiger partial charge in [0, 0.05) is 6.21 Å². The number of aliphatic imine (C=N–C) groups is 2. The zero-order valence-corrected chi connectivity index (χ0v) is 8.44. The van der Waals surface area contributed by atoms with Crippen LogP contribution < -0.4 is 0 Å². The smallest absolute Gasteiger partial charge is 0.388 e. The van der Waals surface area contributed by atoms with Gasteiger partial charge in [-0.2, -0.15) is 0 Å². The maximum Gasteiger partial charge on any atom is 0.469 e. The lowest BCUT2D eigenvalue weighted by molar-refractivity contribution is -0.0150. The molecule has 0 unspecified atom stereocenters. The first-order chi connectivity index (χ1) is 6.90. The Hall–Kier alpha value is -0.630. The standard InChI is InChI=1S/C6H11N2O6P/c9-5(2-14-15(11,12)13)6(10)4-1-7-3-8-4/h1,3-6,9-10H,2H2,(H2,11,12,13)/t4-,5-,6-/m1/s1. The Morgan fingerprint density at radius 1 is 1.47 bits per heavy atom. The molecular formula is C6H11N2O6P. The maximum atomic E-state index is 10.3. The maximum absolute atomic E-state index is 10.3.